The molecule has 12 heteroatoms. The van der Waals surface area contributed by atoms with Gasteiger partial charge in [0.2, 0.25) is 27.7 Å². The van der Waals surface area contributed by atoms with Gasteiger partial charge in [0.15, 0.2) is 0 Å². The molecule has 0 bridgehead atoms. The minimum Gasteiger partial charge on any atom is -0.355 e. The molecule has 0 radical (unpaired) electrons. The van der Waals surface area contributed by atoms with Crippen molar-refractivity contribution in [3.8, 4) is 0 Å². The summed E-state index contributed by atoms with van der Waals surface area (Å²) in [5.41, 5.74) is 5.48. The molecule has 0 aliphatic carbocycles. The first-order chi connectivity index (χ1) is 26.6. The van der Waals surface area contributed by atoms with Crippen LogP contribution in [0.2, 0.25) is 0 Å². The Kier molecular flexibility index (Phi) is 31.0. The number of nitrogens with two attached hydrogens (primary N) is 1. The molecule has 4 N–H and O–H groups in total. The topological polar surface area (TPSA) is 145 Å². The molecule has 0 aromatic carbocycles. The number of hydrogen-bond donors (Lipinski definition) is 3. The van der Waals surface area contributed by atoms with Crippen molar-refractivity contribution >= 4 is 27.7 Å². The van der Waals surface area contributed by atoms with Crippen LogP contribution in [-0.4, -0.2) is 111 Å². The van der Waals surface area contributed by atoms with Crippen molar-refractivity contribution in [1.82, 2.24) is 24.7 Å². The zero-order valence-corrected chi connectivity index (χ0v) is 36.9. The summed E-state index contributed by atoms with van der Waals surface area (Å²) in [5, 5.41) is 5.96. The second-order valence-electron chi connectivity index (χ2n) is 16.3. The van der Waals surface area contributed by atoms with Crippen LogP contribution in [0.1, 0.15) is 187 Å². The van der Waals surface area contributed by atoms with Gasteiger partial charge in [0.1, 0.15) is 12.1 Å². The molecule has 11 nitrogen and oxygen atoms in total. The van der Waals surface area contributed by atoms with Gasteiger partial charge in [-0.05, 0) is 91.4 Å². The summed E-state index contributed by atoms with van der Waals surface area (Å²) in [6.45, 7) is 8.59. The van der Waals surface area contributed by atoms with Crippen LogP contribution in [0, 0.1) is 0 Å². The van der Waals surface area contributed by atoms with Crippen molar-refractivity contribution < 1.29 is 22.8 Å². The van der Waals surface area contributed by atoms with E-state index in [1.54, 1.807) is 0 Å². The van der Waals surface area contributed by atoms with Crippen LogP contribution in [0.3, 0.4) is 0 Å². The van der Waals surface area contributed by atoms with E-state index in [1.807, 2.05) is 19.0 Å². The van der Waals surface area contributed by atoms with Crippen molar-refractivity contribution in [1.29, 1.82) is 0 Å². The first-order valence-corrected chi connectivity index (χ1v) is 24.4. The Morgan fingerprint density at radius 1 is 0.618 bits per heavy atom. The van der Waals surface area contributed by atoms with E-state index < -0.39 is 16.1 Å². The van der Waals surface area contributed by atoms with Crippen LogP contribution < -0.4 is 16.4 Å². The van der Waals surface area contributed by atoms with E-state index in [9.17, 15) is 22.8 Å². The lowest BCUT2D eigenvalue weighted by Crippen LogP contribution is -2.52. The van der Waals surface area contributed by atoms with Crippen molar-refractivity contribution in [2.75, 3.05) is 59.1 Å². The third kappa shape index (κ3) is 24.6. The summed E-state index contributed by atoms with van der Waals surface area (Å²) in [7, 11) is 0.710. The number of unbranched alkanes of at least 4 members (excludes halogenated alkanes) is 16. The molecule has 55 heavy (non-hydrogen) atoms. The largest absolute Gasteiger partial charge is 0.355 e. The zero-order valence-electron chi connectivity index (χ0n) is 36.1. The molecule has 2 atom stereocenters. The highest BCUT2D eigenvalue weighted by Gasteiger charge is 2.36. The first-order valence-electron chi connectivity index (χ1n) is 22.8. The molecule has 0 unspecified atom stereocenters. The Bertz CT molecular complexity index is 1090. The standard InChI is InChI=1S/C22H43N3O2.C21H43N3O3S/c1-4-5-6-7-8-9-10-11-16-21(26)25-19-13-12-15-20(25)22(27)23-17-14-18-24(2)3;1-2-3-4-5-6-7-8-14-19-28(26,27)24-18-13-10-15-20(24)21(25)23-17-12-9-11-16-22/h20H,4-19H2,1-3H3,(H,23,27);20H,2-19,22H2,1H3,(H,23,25)/t2*20-/m11/s1. The number of sulfonamides is 1. The average molecular weight is 799 g/mol. The van der Waals surface area contributed by atoms with E-state index in [1.165, 1.54) is 74.9 Å². The van der Waals surface area contributed by atoms with E-state index in [0.29, 0.717) is 45.4 Å². The molecule has 0 saturated carbocycles. The molecule has 0 spiro atoms. The van der Waals surface area contributed by atoms with Gasteiger partial charge >= 0.3 is 0 Å². The number of rotatable bonds is 30. The maximum absolute atomic E-state index is 12.8. The Morgan fingerprint density at radius 3 is 1.69 bits per heavy atom. The number of likely N-dealkylation sites (tertiary alicyclic amines) is 1. The van der Waals surface area contributed by atoms with Crippen LogP contribution in [0.4, 0.5) is 0 Å². The second kappa shape index (κ2) is 33.2. The second-order valence-corrected chi connectivity index (χ2v) is 18.4. The maximum Gasteiger partial charge on any atom is 0.242 e. The lowest BCUT2D eigenvalue weighted by Gasteiger charge is -2.35. The quantitative estimate of drug-likeness (QED) is 0.0638. The highest BCUT2D eigenvalue weighted by atomic mass is 32.2. The number of amides is 3. The van der Waals surface area contributed by atoms with E-state index in [0.717, 1.165) is 96.6 Å². The summed E-state index contributed by atoms with van der Waals surface area (Å²) >= 11 is 0. The number of piperidine rings is 2. The molecule has 2 saturated heterocycles. The average Bonchev–Trinajstić information content (AvgIpc) is 3.18. The van der Waals surface area contributed by atoms with E-state index in [-0.39, 0.29) is 29.5 Å². The summed E-state index contributed by atoms with van der Waals surface area (Å²) in [6, 6.07) is -0.776. The number of nitrogens with one attached hydrogen (secondary N) is 2. The fourth-order valence-electron chi connectivity index (χ4n) is 7.59. The van der Waals surface area contributed by atoms with Crippen LogP contribution in [0.25, 0.3) is 0 Å². The van der Waals surface area contributed by atoms with Gasteiger partial charge in [-0.3, -0.25) is 14.4 Å². The molecule has 2 rings (SSSR count). The molecule has 2 aliphatic heterocycles. The van der Waals surface area contributed by atoms with Crippen LogP contribution in [0.5, 0.6) is 0 Å². The van der Waals surface area contributed by atoms with Gasteiger partial charge in [0.25, 0.3) is 0 Å². The SMILES string of the molecule is CCCCCCCCCCC(=O)N1CCCC[C@@H]1C(=O)NCCCN(C)C.CCCCCCCCCCS(=O)(=O)N1CCCC[C@@H]1C(=O)NCCCCCN. The Morgan fingerprint density at radius 2 is 1.11 bits per heavy atom. The highest BCUT2D eigenvalue weighted by Crippen LogP contribution is 2.23. The summed E-state index contributed by atoms with van der Waals surface area (Å²) in [4.78, 5) is 41.7. The molecule has 0 aromatic rings. The molecular weight excluding hydrogens is 713 g/mol. The molecule has 3 amide bonds. The monoisotopic (exact) mass is 799 g/mol. The van der Waals surface area contributed by atoms with Gasteiger partial charge in [-0.15, -0.1) is 0 Å². The molecule has 2 aliphatic rings. The predicted octanol–water partition coefficient (Wildman–Crippen LogP) is 7.52. The van der Waals surface area contributed by atoms with Gasteiger partial charge in [-0.1, -0.05) is 117 Å². The molecular formula is C43H86N6O5S. The number of carbonyl (C=O) groups excluding carboxylic acids is 3. The van der Waals surface area contributed by atoms with Crippen LogP contribution >= 0.6 is 0 Å². The Labute approximate surface area is 338 Å². The molecule has 0 aromatic heterocycles. The highest BCUT2D eigenvalue weighted by molar-refractivity contribution is 7.89. The molecule has 2 fully saturated rings. The normalized spacial score (nSPS) is 17.8. The number of hydrogen-bond acceptors (Lipinski definition) is 7. The maximum atomic E-state index is 12.8. The van der Waals surface area contributed by atoms with E-state index in [4.69, 9.17) is 5.73 Å². The van der Waals surface area contributed by atoms with E-state index in [2.05, 4.69) is 29.4 Å². The summed E-state index contributed by atoms with van der Waals surface area (Å²) in [5.74, 6) is 0.251. The fourth-order valence-corrected chi connectivity index (χ4v) is 9.39. The summed E-state index contributed by atoms with van der Waals surface area (Å²) in [6.07, 6.45) is 28.5. The smallest absolute Gasteiger partial charge is 0.242 e. The van der Waals surface area contributed by atoms with Crippen molar-refractivity contribution in [3.05, 3.63) is 0 Å². The first kappa shape index (κ1) is 51.3. The number of carbonyl (C=O) groups is 3. The fraction of sp³-hybridized carbons (Fsp3) is 0.930. The number of nitrogens with zero attached hydrogens (tertiary/aromatic N) is 3. The van der Waals surface area contributed by atoms with Gasteiger partial charge in [0, 0.05) is 32.6 Å². The molecule has 2 heterocycles. The van der Waals surface area contributed by atoms with Gasteiger partial charge < -0.3 is 26.2 Å². The van der Waals surface area contributed by atoms with Crippen molar-refractivity contribution in [2.45, 2.75) is 199 Å². The van der Waals surface area contributed by atoms with E-state index >= 15 is 0 Å². The lowest BCUT2D eigenvalue weighted by molar-refractivity contribution is -0.142. The van der Waals surface area contributed by atoms with Crippen LogP contribution in [0.15, 0.2) is 0 Å². The van der Waals surface area contributed by atoms with Gasteiger partial charge in [-0.2, -0.15) is 4.31 Å². The van der Waals surface area contributed by atoms with Crippen molar-refractivity contribution in [3.63, 3.8) is 0 Å². The lowest BCUT2D eigenvalue weighted by atomic mass is 10.00. The van der Waals surface area contributed by atoms with Crippen molar-refractivity contribution in [2.24, 2.45) is 5.73 Å². The predicted molar refractivity (Wildman–Crippen MR) is 229 cm³/mol. The Hall–Kier alpha value is -1.76. The van der Waals surface area contributed by atoms with Gasteiger partial charge in [-0.25, -0.2) is 8.42 Å². The molecule has 324 valence electrons. The van der Waals surface area contributed by atoms with Crippen LogP contribution in [-0.2, 0) is 24.4 Å². The minimum atomic E-state index is -3.36. The third-order valence-electron chi connectivity index (χ3n) is 11.0. The summed E-state index contributed by atoms with van der Waals surface area (Å²) < 4.78 is 27.1. The minimum absolute atomic E-state index is 0.0396. The van der Waals surface area contributed by atoms with Gasteiger partial charge in [0.05, 0.1) is 5.75 Å². The third-order valence-corrected chi connectivity index (χ3v) is 13.0. The Balaban J connectivity index is 0.000000550. The zero-order chi connectivity index (χ0) is 40.6.